The van der Waals surface area contributed by atoms with Crippen molar-refractivity contribution in [3.63, 3.8) is 0 Å². The third-order valence-corrected chi connectivity index (χ3v) is 4.45. The first-order valence-corrected chi connectivity index (χ1v) is 7.65. The van der Waals surface area contributed by atoms with E-state index in [1.807, 2.05) is 9.80 Å². The summed E-state index contributed by atoms with van der Waals surface area (Å²) in [4.78, 5) is 23.6. The second-order valence-corrected chi connectivity index (χ2v) is 5.92. The van der Waals surface area contributed by atoms with Crippen LogP contribution >= 0.6 is 0 Å². The Kier molecular flexibility index (Phi) is 4.10. The normalized spacial score (nSPS) is 26.4. The zero-order valence-corrected chi connectivity index (χ0v) is 12.4. The van der Waals surface area contributed by atoms with E-state index >= 15 is 0 Å². The highest BCUT2D eigenvalue weighted by Crippen LogP contribution is 2.26. The van der Waals surface area contributed by atoms with Crippen LogP contribution in [0.1, 0.15) is 25.7 Å². The first kappa shape index (κ1) is 15.0. The Morgan fingerprint density at radius 3 is 2.82 bits per heavy atom. The van der Waals surface area contributed by atoms with E-state index in [0.717, 1.165) is 32.2 Å². The van der Waals surface area contributed by atoms with Crippen molar-refractivity contribution in [1.82, 2.24) is 14.9 Å². The first-order chi connectivity index (χ1) is 10.6. The Balaban J connectivity index is 1.77. The van der Waals surface area contributed by atoms with E-state index in [9.17, 15) is 9.18 Å². The average molecular weight is 308 g/mol. The summed E-state index contributed by atoms with van der Waals surface area (Å²) in [5.74, 6) is -0.528. The standard InChI is InChI=1S/C14H21FN6O/c15-11-12(17)18-8-19-13(11)20-5-1-3-9(7-20)21-6-2-4-10(16)14(21)22/h8-10H,1-7,16H2,(H2,17,18,19)/t9-,10?/m1/s1. The third kappa shape index (κ3) is 2.70. The van der Waals surface area contributed by atoms with Gasteiger partial charge in [-0.15, -0.1) is 0 Å². The van der Waals surface area contributed by atoms with Crippen LogP contribution in [0.5, 0.6) is 0 Å². The Morgan fingerprint density at radius 1 is 1.23 bits per heavy atom. The van der Waals surface area contributed by atoms with Crippen LogP contribution in [-0.4, -0.2) is 52.5 Å². The van der Waals surface area contributed by atoms with Crippen LogP contribution in [0.3, 0.4) is 0 Å². The van der Waals surface area contributed by atoms with Crippen molar-refractivity contribution < 1.29 is 9.18 Å². The Hall–Kier alpha value is -1.96. The number of likely N-dealkylation sites (tertiary alicyclic amines) is 1. The fourth-order valence-corrected chi connectivity index (χ4v) is 3.29. The Labute approximate surface area is 128 Å². The molecule has 2 aliphatic heterocycles. The van der Waals surface area contributed by atoms with Gasteiger partial charge in [-0.25, -0.2) is 9.97 Å². The summed E-state index contributed by atoms with van der Waals surface area (Å²) in [6.07, 6.45) is 4.69. The molecule has 1 aromatic rings. The Morgan fingerprint density at radius 2 is 2.00 bits per heavy atom. The van der Waals surface area contributed by atoms with E-state index < -0.39 is 11.9 Å². The maximum atomic E-state index is 14.1. The highest BCUT2D eigenvalue weighted by Gasteiger charge is 2.34. The van der Waals surface area contributed by atoms with Crippen molar-refractivity contribution in [2.75, 3.05) is 30.3 Å². The molecule has 0 saturated carbocycles. The topological polar surface area (TPSA) is 101 Å². The van der Waals surface area contributed by atoms with Crippen LogP contribution in [0.4, 0.5) is 16.0 Å². The second-order valence-electron chi connectivity index (χ2n) is 5.92. The molecule has 22 heavy (non-hydrogen) atoms. The van der Waals surface area contributed by atoms with Gasteiger partial charge in [-0.3, -0.25) is 4.79 Å². The zero-order chi connectivity index (χ0) is 15.7. The summed E-state index contributed by atoms with van der Waals surface area (Å²) in [7, 11) is 0. The quantitative estimate of drug-likeness (QED) is 0.804. The van der Waals surface area contributed by atoms with Gasteiger partial charge in [0.1, 0.15) is 6.33 Å². The second kappa shape index (κ2) is 6.04. The highest BCUT2D eigenvalue weighted by atomic mass is 19.1. The monoisotopic (exact) mass is 308 g/mol. The minimum atomic E-state index is -0.593. The zero-order valence-electron chi connectivity index (χ0n) is 12.4. The van der Waals surface area contributed by atoms with Crippen LogP contribution in [-0.2, 0) is 4.79 Å². The van der Waals surface area contributed by atoms with E-state index in [0.29, 0.717) is 13.1 Å². The van der Waals surface area contributed by atoms with Gasteiger partial charge in [0.25, 0.3) is 0 Å². The van der Waals surface area contributed by atoms with Crippen molar-refractivity contribution in [3.8, 4) is 0 Å². The molecule has 0 aliphatic carbocycles. The van der Waals surface area contributed by atoms with Crippen LogP contribution in [0.15, 0.2) is 6.33 Å². The van der Waals surface area contributed by atoms with Crippen molar-refractivity contribution in [2.45, 2.75) is 37.8 Å². The predicted molar refractivity (Wildman–Crippen MR) is 80.6 cm³/mol. The summed E-state index contributed by atoms with van der Waals surface area (Å²) in [5, 5.41) is 0. The molecule has 2 saturated heterocycles. The van der Waals surface area contributed by atoms with E-state index in [-0.39, 0.29) is 23.6 Å². The molecule has 0 radical (unpaired) electrons. The number of nitrogens with two attached hydrogens (primary N) is 2. The van der Waals surface area contributed by atoms with Gasteiger partial charge in [-0.1, -0.05) is 0 Å². The highest BCUT2D eigenvalue weighted by molar-refractivity contribution is 5.82. The number of anilines is 2. The molecule has 2 atom stereocenters. The van der Waals surface area contributed by atoms with E-state index in [2.05, 4.69) is 9.97 Å². The summed E-state index contributed by atoms with van der Waals surface area (Å²) < 4.78 is 14.1. The van der Waals surface area contributed by atoms with Gasteiger partial charge in [-0.2, -0.15) is 4.39 Å². The van der Waals surface area contributed by atoms with E-state index in [1.54, 1.807) is 0 Å². The fourth-order valence-electron chi connectivity index (χ4n) is 3.29. The molecule has 0 aromatic carbocycles. The van der Waals surface area contributed by atoms with Gasteiger partial charge in [0.15, 0.2) is 11.6 Å². The molecule has 1 unspecified atom stereocenters. The number of nitrogen functional groups attached to an aromatic ring is 1. The molecule has 120 valence electrons. The number of rotatable bonds is 2. The maximum Gasteiger partial charge on any atom is 0.239 e. The van der Waals surface area contributed by atoms with E-state index in [4.69, 9.17) is 11.5 Å². The number of halogens is 1. The molecule has 8 heteroatoms. The van der Waals surface area contributed by atoms with Crippen molar-refractivity contribution in [1.29, 1.82) is 0 Å². The predicted octanol–water partition coefficient (Wildman–Crippen LogP) is 0.116. The number of hydrogen-bond acceptors (Lipinski definition) is 6. The van der Waals surface area contributed by atoms with Gasteiger partial charge in [0.05, 0.1) is 6.04 Å². The number of carbonyl (C=O) groups excluding carboxylic acids is 1. The SMILES string of the molecule is Nc1ncnc(N2CCC[C@@H](N3CCCC(N)C3=O)C2)c1F. The van der Waals surface area contributed by atoms with Crippen LogP contribution < -0.4 is 16.4 Å². The molecule has 3 rings (SSSR count). The fraction of sp³-hybridized carbons (Fsp3) is 0.643. The summed E-state index contributed by atoms with van der Waals surface area (Å²) in [6, 6.07) is -0.362. The summed E-state index contributed by atoms with van der Waals surface area (Å²) in [6.45, 7) is 1.96. The smallest absolute Gasteiger partial charge is 0.239 e. The molecule has 4 N–H and O–H groups in total. The number of piperidine rings is 2. The molecule has 0 bridgehead atoms. The molecule has 1 aromatic heterocycles. The van der Waals surface area contributed by atoms with Crippen LogP contribution in [0.25, 0.3) is 0 Å². The number of amides is 1. The van der Waals surface area contributed by atoms with Crippen LogP contribution in [0.2, 0.25) is 0 Å². The first-order valence-electron chi connectivity index (χ1n) is 7.65. The largest absolute Gasteiger partial charge is 0.381 e. The number of nitrogens with zero attached hydrogens (tertiary/aromatic N) is 4. The molecule has 2 aliphatic rings. The minimum Gasteiger partial charge on any atom is -0.381 e. The summed E-state index contributed by atoms with van der Waals surface area (Å²) >= 11 is 0. The van der Waals surface area contributed by atoms with Gasteiger partial charge in [0.2, 0.25) is 11.7 Å². The molecular weight excluding hydrogens is 287 g/mol. The van der Waals surface area contributed by atoms with Gasteiger partial charge >= 0.3 is 0 Å². The van der Waals surface area contributed by atoms with Gasteiger partial charge in [-0.05, 0) is 25.7 Å². The maximum absolute atomic E-state index is 14.1. The number of aromatic nitrogens is 2. The van der Waals surface area contributed by atoms with Crippen molar-refractivity contribution >= 4 is 17.5 Å². The Bertz CT molecular complexity index is 568. The van der Waals surface area contributed by atoms with E-state index in [1.165, 1.54) is 6.33 Å². The lowest BCUT2D eigenvalue weighted by Crippen LogP contribution is -2.57. The molecule has 1 amide bonds. The van der Waals surface area contributed by atoms with Gasteiger partial charge in [0, 0.05) is 25.7 Å². The number of carbonyl (C=O) groups is 1. The van der Waals surface area contributed by atoms with Gasteiger partial charge < -0.3 is 21.3 Å². The molecular formula is C14H21FN6O. The van der Waals surface area contributed by atoms with Crippen molar-refractivity contribution in [2.24, 2.45) is 5.73 Å². The molecule has 0 spiro atoms. The molecule has 2 fully saturated rings. The van der Waals surface area contributed by atoms with Crippen molar-refractivity contribution in [3.05, 3.63) is 12.1 Å². The number of hydrogen-bond donors (Lipinski definition) is 2. The lowest BCUT2D eigenvalue weighted by Gasteiger charge is -2.42. The minimum absolute atomic E-state index is 0.000716. The lowest BCUT2D eigenvalue weighted by atomic mass is 9.98. The average Bonchev–Trinajstić information content (AvgIpc) is 2.53. The molecule has 7 nitrogen and oxygen atoms in total. The third-order valence-electron chi connectivity index (χ3n) is 4.45. The summed E-state index contributed by atoms with van der Waals surface area (Å²) in [5.41, 5.74) is 11.4. The lowest BCUT2D eigenvalue weighted by molar-refractivity contribution is -0.137. The molecule has 3 heterocycles. The van der Waals surface area contributed by atoms with Crippen LogP contribution in [0, 0.1) is 5.82 Å².